The zero-order valence-corrected chi connectivity index (χ0v) is 12.3. The van der Waals surface area contributed by atoms with Gasteiger partial charge < -0.3 is 10.4 Å². The van der Waals surface area contributed by atoms with E-state index in [4.69, 9.17) is 23.2 Å². The van der Waals surface area contributed by atoms with Crippen LogP contribution in [0.25, 0.3) is 0 Å². The van der Waals surface area contributed by atoms with Crippen molar-refractivity contribution in [2.45, 2.75) is 12.5 Å². The molecule has 0 radical (unpaired) electrons. The molecule has 1 atom stereocenters. The molecule has 1 amide bonds. The van der Waals surface area contributed by atoms with Crippen molar-refractivity contribution in [3.05, 3.63) is 63.9 Å². The van der Waals surface area contributed by atoms with Crippen molar-refractivity contribution in [3.8, 4) is 0 Å². The number of aliphatic hydroxyl groups is 1. The van der Waals surface area contributed by atoms with Gasteiger partial charge in [0.1, 0.15) is 5.82 Å². The van der Waals surface area contributed by atoms with E-state index >= 15 is 0 Å². The van der Waals surface area contributed by atoms with Crippen LogP contribution in [0.4, 0.5) is 10.1 Å². The van der Waals surface area contributed by atoms with E-state index < -0.39 is 17.8 Å². The monoisotopic (exact) mass is 327 g/mol. The summed E-state index contributed by atoms with van der Waals surface area (Å²) in [5.41, 5.74) is 0.741. The lowest BCUT2D eigenvalue weighted by Gasteiger charge is -2.12. The summed E-state index contributed by atoms with van der Waals surface area (Å²) in [4.78, 5) is 11.8. The van der Waals surface area contributed by atoms with Crippen LogP contribution in [0, 0.1) is 5.82 Å². The van der Waals surface area contributed by atoms with Crippen molar-refractivity contribution in [2.24, 2.45) is 0 Å². The van der Waals surface area contributed by atoms with Crippen molar-refractivity contribution < 1.29 is 14.3 Å². The van der Waals surface area contributed by atoms with Crippen LogP contribution >= 0.6 is 23.2 Å². The predicted octanol–water partition coefficient (Wildman–Crippen LogP) is 4.19. The molecule has 2 aromatic carbocycles. The van der Waals surface area contributed by atoms with Crippen molar-refractivity contribution in [1.29, 1.82) is 0 Å². The van der Waals surface area contributed by atoms with Crippen LogP contribution in [0.3, 0.4) is 0 Å². The molecule has 2 aromatic rings. The second-order valence-electron chi connectivity index (χ2n) is 4.44. The van der Waals surface area contributed by atoms with Crippen LogP contribution in [0.15, 0.2) is 42.5 Å². The molecule has 0 saturated heterocycles. The third-order valence-electron chi connectivity index (χ3n) is 2.84. The molecule has 110 valence electrons. The lowest BCUT2D eigenvalue weighted by Crippen LogP contribution is -2.15. The molecule has 2 rings (SSSR count). The summed E-state index contributed by atoms with van der Waals surface area (Å²) in [5, 5.41) is 13.2. The summed E-state index contributed by atoms with van der Waals surface area (Å²) >= 11 is 11.6. The molecule has 21 heavy (non-hydrogen) atoms. The van der Waals surface area contributed by atoms with Gasteiger partial charge in [0.2, 0.25) is 5.91 Å². The van der Waals surface area contributed by atoms with Crippen LogP contribution < -0.4 is 5.32 Å². The summed E-state index contributed by atoms with van der Waals surface area (Å²) in [7, 11) is 0. The molecule has 0 aliphatic heterocycles. The average Bonchev–Trinajstić information content (AvgIpc) is 2.43. The summed E-state index contributed by atoms with van der Waals surface area (Å²) in [6.07, 6.45) is -1.15. The van der Waals surface area contributed by atoms with E-state index in [1.165, 1.54) is 12.1 Å². The number of rotatable bonds is 4. The number of anilines is 1. The van der Waals surface area contributed by atoms with Gasteiger partial charge in [0.15, 0.2) is 0 Å². The molecule has 0 bridgehead atoms. The molecule has 3 nitrogen and oxygen atoms in total. The number of hydrogen-bond donors (Lipinski definition) is 2. The molecule has 0 aliphatic carbocycles. The Morgan fingerprint density at radius 2 is 1.86 bits per heavy atom. The van der Waals surface area contributed by atoms with E-state index in [0.717, 1.165) is 6.07 Å². The normalized spacial score (nSPS) is 12.0. The highest BCUT2D eigenvalue weighted by molar-refractivity contribution is 6.33. The van der Waals surface area contributed by atoms with Gasteiger partial charge in [-0.3, -0.25) is 4.79 Å². The van der Waals surface area contributed by atoms with E-state index in [0.29, 0.717) is 10.6 Å². The maximum atomic E-state index is 13.1. The Morgan fingerprint density at radius 1 is 1.19 bits per heavy atom. The third-order valence-corrected chi connectivity index (χ3v) is 3.42. The highest BCUT2D eigenvalue weighted by atomic mass is 35.5. The van der Waals surface area contributed by atoms with Crippen LogP contribution in [0.5, 0.6) is 0 Å². The fourth-order valence-corrected chi connectivity index (χ4v) is 2.06. The minimum absolute atomic E-state index is 0.171. The Kier molecular flexibility index (Phi) is 5.17. The second-order valence-corrected chi connectivity index (χ2v) is 5.29. The van der Waals surface area contributed by atoms with Gasteiger partial charge in [-0.05, 0) is 35.9 Å². The molecular formula is C15H12Cl2FNO2. The summed E-state index contributed by atoms with van der Waals surface area (Å²) in [6, 6.07) is 10.2. The van der Waals surface area contributed by atoms with Crippen LogP contribution in [-0.4, -0.2) is 11.0 Å². The van der Waals surface area contributed by atoms with E-state index in [2.05, 4.69) is 5.32 Å². The van der Waals surface area contributed by atoms with Crippen molar-refractivity contribution in [3.63, 3.8) is 0 Å². The van der Waals surface area contributed by atoms with Gasteiger partial charge >= 0.3 is 0 Å². The number of carbonyl (C=O) groups excluding carboxylic acids is 1. The highest BCUT2D eigenvalue weighted by Crippen LogP contribution is 2.24. The van der Waals surface area contributed by atoms with Crippen molar-refractivity contribution >= 4 is 34.8 Å². The molecule has 2 N–H and O–H groups in total. The van der Waals surface area contributed by atoms with Gasteiger partial charge in [0, 0.05) is 5.02 Å². The smallest absolute Gasteiger partial charge is 0.227 e. The Morgan fingerprint density at radius 3 is 2.52 bits per heavy atom. The van der Waals surface area contributed by atoms with E-state index in [1.807, 2.05) is 0 Å². The average molecular weight is 328 g/mol. The van der Waals surface area contributed by atoms with E-state index in [-0.39, 0.29) is 17.1 Å². The van der Waals surface area contributed by atoms with E-state index in [9.17, 15) is 14.3 Å². The van der Waals surface area contributed by atoms with E-state index in [1.54, 1.807) is 24.3 Å². The molecular weight excluding hydrogens is 316 g/mol. The van der Waals surface area contributed by atoms with Crippen LogP contribution in [0.1, 0.15) is 18.1 Å². The number of nitrogens with one attached hydrogen (secondary N) is 1. The first-order valence-electron chi connectivity index (χ1n) is 6.14. The Bertz CT molecular complexity index is 647. The first kappa shape index (κ1) is 15.8. The molecule has 0 aliphatic rings. The molecule has 6 heteroatoms. The maximum absolute atomic E-state index is 13.1. The maximum Gasteiger partial charge on any atom is 0.227 e. The van der Waals surface area contributed by atoms with Crippen molar-refractivity contribution in [1.82, 2.24) is 0 Å². The molecule has 0 aromatic heterocycles. The van der Waals surface area contributed by atoms with Gasteiger partial charge in [0.05, 0.1) is 23.2 Å². The van der Waals surface area contributed by atoms with Gasteiger partial charge in [-0.2, -0.15) is 0 Å². The lowest BCUT2D eigenvalue weighted by atomic mass is 10.1. The Hall–Kier alpha value is -1.62. The Balaban J connectivity index is 2.01. The van der Waals surface area contributed by atoms with Gasteiger partial charge in [-0.25, -0.2) is 4.39 Å². The number of halogens is 3. The first-order valence-corrected chi connectivity index (χ1v) is 6.90. The van der Waals surface area contributed by atoms with Gasteiger partial charge in [-0.15, -0.1) is 0 Å². The minimum Gasteiger partial charge on any atom is -0.388 e. The number of benzene rings is 2. The zero-order valence-electron chi connectivity index (χ0n) is 10.8. The van der Waals surface area contributed by atoms with Crippen LogP contribution in [-0.2, 0) is 4.79 Å². The summed E-state index contributed by atoms with van der Waals surface area (Å²) < 4.78 is 13.1. The predicted molar refractivity (Wildman–Crippen MR) is 81.1 cm³/mol. The van der Waals surface area contributed by atoms with Gasteiger partial charge in [-0.1, -0.05) is 35.3 Å². The fourth-order valence-electron chi connectivity index (χ4n) is 1.77. The molecule has 0 heterocycles. The summed E-state index contributed by atoms with van der Waals surface area (Å²) in [6.45, 7) is 0. The highest BCUT2D eigenvalue weighted by Gasteiger charge is 2.14. The molecule has 0 saturated carbocycles. The molecule has 0 spiro atoms. The SMILES string of the molecule is O=C(CC(O)c1ccc(Cl)cc1)Nc1cc(F)ccc1Cl. The number of aliphatic hydroxyl groups excluding tert-OH is 1. The number of carbonyl (C=O) groups is 1. The number of amides is 1. The molecule has 1 unspecified atom stereocenters. The lowest BCUT2D eigenvalue weighted by molar-refractivity contribution is -0.118. The topological polar surface area (TPSA) is 49.3 Å². The van der Waals surface area contributed by atoms with Crippen molar-refractivity contribution in [2.75, 3.05) is 5.32 Å². The third kappa shape index (κ3) is 4.43. The zero-order chi connectivity index (χ0) is 15.4. The summed E-state index contributed by atoms with van der Waals surface area (Å²) in [5.74, 6) is -0.974. The quantitative estimate of drug-likeness (QED) is 0.884. The fraction of sp³-hybridized carbons (Fsp3) is 0.133. The number of hydrogen-bond acceptors (Lipinski definition) is 2. The van der Waals surface area contributed by atoms with Crippen LogP contribution in [0.2, 0.25) is 10.0 Å². The first-order chi connectivity index (χ1) is 9.95. The van der Waals surface area contributed by atoms with Gasteiger partial charge in [0.25, 0.3) is 0 Å². The minimum atomic E-state index is -0.977. The Labute approximate surface area is 131 Å². The molecule has 0 fully saturated rings. The standard InChI is InChI=1S/C15H12Cl2FNO2/c16-10-3-1-9(2-4-10)14(20)8-15(21)19-13-7-11(18)5-6-12(13)17/h1-7,14,20H,8H2,(H,19,21). The second kappa shape index (κ2) is 6.89. The largest absolute Gasteiger partial charge is 0.388 e.